The van der Waals surface area contributed by atoms with Crippen molar-refractivity contribution in [2.24, 2.45) is 0 Å². The normalized spacial score (nSPS) is 26.1. The fourth-order valence-electron chi connectivity index (χ4n) is 3.37. The van der Waals surface area contributed by atoms with Gasteiger partial charge in [-0.3, -0.25) is 14.9 Å². The number of rotatable bonds is 4. The number of carbonyl (C=O) groups is 1. The Bertz CT molecular complexity index is 537. The van der Waals surface area contributed by atoms with Gasteiger partial charge in [0, 0.05) is 30.3 Å². The fraction of sp³-hybridized carbons (Fsp3) is 0.533. The van der Waals surface area contributed by atoms with Crippen molar-refractivity contribution in [2.45, 2.75) is 50.2 Å². The Balaban J connectivity index is 0.00000176. The van der Waals surface area contributed by atoms with Crippen LogP contribution in [0.4, 0.5) is 5.69 Å². The number of nitrogens with one attached hydrogen (secondary N) is 2. The number of halogens is 1. The number of amides is 1. The lowest BCUT2D eigenvalue weighted by Crippen LogP contribution is -2.48. The molecular formula is C15H20ClN3O3. The predicted octanol–water partition coefficient (Wildman–Crippen LogP) is 1.96. The zero-order valence-corrected chi connectivity index (χ0v) is 13.0. The molecule has 2 atom stereocenters. The van der Waals surface area contributed by atoms with E-state index in [1.165, 1.54) is 25.0 Å². The number of fused-ring (bicyclic) bond motifs is 2. The van der Waals surface area contributed by atoms with Crippen LogP contribution in [0.15, 0.2) is 24.3 Å². The molecule has 0 radical (unpaired) electrons. The Kier molecular flexibility index (Phi) is 5.37. The smallest absolute Gasteiger partial charge is 0.269 e. The summed E-state index contributed by atoms with van der Waals surface area (Å²) < 4.78 is 0. The number of nitro groups is 1. The highest BCUT2D eigenvalue weighted by atomic mass is 35.5. The van der Waals surface area contributed by atoms with E-state index in [0.29, 0.717) is 12.1 Å². The van der Waals surface area contributed by atoms with Crippen LogP contribution in [0.1, 0.15) is 31.2 Å². The van der Waals surface area contributed by atoms with Crippen LogP contribution < -0.4 is 10.6 Å². The van der Waals surface area contributed by atoms with Crippen molar-refractivity contribution in [3.63, 3.8) is 0 Å². The number of piperidine rings is 1. The lowest BCUT2D eigenvalue weighted by molar-refractivity contribution is -0.384. The first-order chi connectivity index (χ1) is 10.1. The van der Waals surface area contributed by atoms with E-state index in [4.69, 9.17) is 0 Å². The molecule has 2 saturated heterocycles. The topological polar surface area (TPSA) is 84.3 Å². The highest BCUT2D eigenvalue weighted by molar-refractivity contribution is 5.85. The number of nitro benzene ring substituents is 1. The third kappa shape index (κ3) is 3.96. The van der Waals surface area contributed by atoms with Gasteiger partial charge in [-0.2, -0.15) is 0 Å². The lowest BCUT2D eigenvalue weighted by atomic mass is 9.99. The van der Waals surface area contributed by atoms with E-state index in [-0.39, 0.29) is 36.5 Å². The van der Waals surface area contributed by atoms with Crippen LogP contribution in [-0.4, -0.2) is 29.0 Å². The summed E-state index contributed by atoms with van der Waals surface area (Å²) in [7, 11) is 0. The Morgan fingerprint density at radius 1 is 1.23 bits per heavy atom. The summed E-state index contributed by atoms with van der Waals surface area (Å²) in [4.78, 5) is 22.2. The highest BCUT2D eigenvalue weighted by Crippen LogP contribution is 2.26. The van der Waals surface area contributed by atoms with Gasteiger partial charge in [-0.1, -0.05) is 12.1 Å². The molecule has 0 aromatic heterocycles. The maximum absolute atomic E-state index is 12.1. The predicted molar refractivity (Wildman–Crippen MR) is 85.2 cm³/mol. The number of non-ortho nitro benzene ring substituents is 1. The monoisotopic (exact) mass is 325 g/mol. The van der Waals surface area contributed by atoms with E-state index in [2.05, 4.69) is 10.6 Å². The molecule has 1 amide bonds. The van der Waals surface area contributed by atoms with Crippen LogP contribution in [0.5, 0.6) is 0 Å². The minimum absolute atomic E-state index is 0. The number of hydrogen-bond donors (Lipinski definition) is 2. The molecule has 6 nitrogen and oxygen atoms in total. The summed E-state index contributed by atoms with van der Waals surface area (Å²) in [5.41, 5.74) is 0.851. The summed E-state index contributed by atoms with van der Waals surface area (Å²) in [5, 5.41) is 17.2. The van der Waals surface area contributed by atoms with Gasteiger partial charge in [0.2, 0.25) is 5.91 Å². The van der Waals surface area contributed by atoms with Crippen LogP contribution in [0.25, 0.3) is 0 Å². The second kappa shape index (κ2) is 7.07. The van der Waals surface area contributed by atoms with Gasteiger partial charge in [-0.25, -0.2) is 0 Å². The van der Waals surface area contributed by atoms with Crippen molar-refractivity contribution in [2.75, 3.05) is 0 Å². The maximum Gasteiger partial charge on any atom is 0.269 e. The summed E-state index contributed by atoms with van der Waals surface area (Å²) in [5.74, 6) is -0.00449. The second-order valence-electron chi connectivity index (χ2n) is 5.97. The summed E-state index contributed by atoms with van der Waals surface area (Å²) >= 11 is 0. The van der Waals surface area contributed by atoms with Crippen LogP contribution in [0.2, 0.25) is 0 Å². The summed E-state index contributed by atoms with van der Waals surface area (Å²) in [6, 6.07) is 7.52. The first-order valence-electron chi connectivity index (χ1n) is 7.39. The first-order valence-corrected chi connectivity index (χ1v) is 7.39. The third-order valence-corrected chi connectivity index (χ3v) is 4.35. The Morgan fingerprint density at radius 2 is 1.82 bits per heavy atom. The Hall–Kier alpha value is -1.66. The molecule has 1 aromatic rings. The molecule has 1 aromatic carbocycles. The molecule has 0 spiro atoms. The Labute approximate surface area is 135 Å². The largest absolute Gasteiger partial charge is 0.353 e. The number of nitrogens with zero attached hydrogens (tertiary/aromatic N) is 1. The fourth-order valence-corrected chi connectivity index (χ4v) is 3.37. The van der Waals surface area contributed by atoms with Crippen LogP contribution in [-0.2, 0) is 11.2 Å². The van der Waals surface area contributed by atoms with Gasteiger partial charge in [0.05, 0.1) is 11.3 Å². The average molecular weight is 326 g/mol. The van der Waals surface area contributed by atoms with Crippen molar-refractivity contribution in [1.29, 1.82) is 0 Å². The summed E-state index contributed by atoms with van der Waals surface area (Å²) in [6.45, 7) is 0. The molecule has 2 N–H and O–H groups in total. The molecule has 2 heterocycles. The van der Waals surface area contributed by atoms with Crippen molar-refractivity contribution >= 4 is 24.0 Å². The zero-order chi connectivity index (χ0) is 14.8. The van der Waals surface area contributed by atoms with E-state index < -0.39 is 4.92 Å². The SMILES string of the molecule is Cl.O=C(Cc1ccc([N+](=O)[O-])cc1)NC1CC2CCC(C1)N2. The minimum Gasteiger partial charge on any atom is -0.353 e. The molecule has 0 saturated carbocycles. The lowest BCUT2D eigenvalue weighted by Gasteiger charge is -2.29. The van der Waals surface area contributed by atoms with E-state index in [0.717, 1.165) is 18.4 Å². The Morgan fingerprint density at radius 3 is 2.36 bits per heavy atom. The molecule has 2 fully saturated rings. The van der Waals surface area contributed by atoms with Crippen molar-refractivity contribution in [3.05, 3.63) is 39.9 Å². The third-order valence-electron chi connectivity index (χ3n) is 4.35. The number of benzene rings is 1. The second-order valence-corrected chi connectivity index (χ2v) is 5.97. The number of carbonyl (C=O) groups excluding carboxylic acids is 1. The highest BCUT2D eigenvalue weighted by Gasteiger charge is 2.33. The standard InChI is InChI=1S/C15H19N3O3.ClH/c19-15(7-10-1-5-14(6-2-10)18(20)21)17-13-8-11-3-4-12(9-13)16-11;/h1-2,5-6,11-13,16H,3-4,7-9H2,(H,17,19);1H. The average Bonchev–Trinajstić information content (AvgIpc) is 2.78. The van der Waals surface area contributed by atoms with Gasteiger partial charge in [0.1, 0.15) is 0 Å². The van der Waals surface area contributed by atoms with Crippen molar-refractivity contribution in [1.82, 2.24) is 10.6 Å². The molecule has 2 aliphatic heterocycles. The molecule has 2 unspecified atom stereocenters. The van der Waals surface area contributed by atoms with E-state index in [9.17, 15) is 14.9 Å². The molecular weight excluding hydrogens is 306 g/mol. The van der Waals surface area contributed by atoms with Crippen LogP contribution in [0.3, 0.4) is 0 Å². The minimum atomic E-state index is -0.436. The van der Waals surface area contributed by atoms with E-state index in [1.807, 2.05) is 0 Å². The molecule has 7 heteroatoms. The van der Waals surface area contributed by atoms with Gasteiger partial charge in [0.25, 0.3) is 5.69 Å². The van der Waals surface area contributed by atoms with Gasteiger partial charge in [-0.05, 0) is 31.2 Å². The molecule has 2 aliphatic rings. The van der Waals surface area contributed by atoms with Gasteiger partial charge in [-0.15, -0.1) is 12.4 Å². The van der Waals surface area contributed by atoms with Gasteiger partial charge >= 0.3 is 0 Å². The number of hydrogen-bond acceptors (Lipinski definition) is 4. The quantitative estimate of drug-likeness (QED) is 0.654. The van der Waals surface area contributed by atoms with E-state index >= 15 is 0 Å². The molecule has 120 valence electrons. The maximum atomic E-state index is 12.1. The first kappa shape index (κ1) is 16.7. The van der Waals surface area contributed by atoms with Crippen molar-refractivity contribution in [3.8, 4) is 0 Å². The van der Waals surface area contributed by atoms with Crippen LogP contribution >= 0.6 is 12.4 Å². The zero-order valence-electron chi connectivity index (χ0n) is 12.2. The summed E-state index contributed by atoms with van der Waals surface area (Å²) in [6.07, 6.45) is 4.70. The molecule has 0 aliphatic carbocycles. The van der Waals surface area contributed by atoms with Crippen molar-refractivity contribution < 1.29 is 9.72 Å². The molecule has 22 heavy (non-hydrogen) atoms. The molecule has 3 rings (SSSR count). The van der Waals surface area contributed by atoms with Crippen LogP contribution in [0, 0.1) is 10.1 Å². The van der Waals surface area contributed by atoms with E-state index in [1.54, 1.807) is 12.1 Å². The molecule has 2 bridgehead atoms. The van der Waals surface area contributed by atoms with Gasteiger partial charge in [0.15, 0.2) is 0 Å². The van der Waals surface area contributed by atoms with Gasteiger partial charge < -0.3 is 10.6 Å².